The predicted octanol–water partition coefficient (Wildman–Crippen LogP) is 5.12. The van der Waals surface area contributed by atoms with Crippen LogP contribution in [0.5, 0.6) is 5.75 Å². The first-order chi connectivity index (χ1) is 8.77. The van der Waals surface area contributed by atoms with Gasteiger partial charge in [-0.1, -0.05) is 44.2 Å². The predicted molar refractivity (Wildman–Crippen MR) is 79.9 cm³/mol. The maximum atomic E-state index is 6.12. The van der Waals surface area contributed by atoms with Crippen LogP contribution in [-0.4, -0.2) is 13.2 Å². The number of nitrogens with one attached hydrogen (secondary N) is 1. The molecular weight excluding hydrogens is 246 g/mol. The van der Waals surface area contributed by atoms with E-state index in [2.05, 4.69) is 12.2 Å². The molecule has 0 saturated heterocycles. The highest BCUT2D eigenvalue weighted by Gasteiger charge is 2.01. The summed E-state index contributed by atoms with van der Waals surface area (Å²) in [6, 6.07) is 5.87. The molecule has 0 aromatic heterocycles. The molecule has 18 heavy (non-hydrogen) atoms. The van der Waals surface area contributed by atoms with Gasteiger partial charge in [-0.25, -0.2) is 0 Å². The highest BCUT2D eigenvalue weighted by Crippen LogP contribution is 2.27. The van der Waals surface area contributed by atoms with Crippen LogP contribution in [0.15, 0.2) is 18.2 Å². The zero-order valence-corrected chi connectivity index (χ0v) is 12.2. The molecule has 1 rings (SSSR count). The molecule has 0 aliphatic heterocycles. The van der Waals surface area contributed by atoms with Crippen molar-refractivity contribution in [2.24, 2.45) is 0 Å². The van der Waals surface area contributed by atoms with Crippen LogP contribution >= 0.6 is 11.6 Å². The largest absolute Gasteiger partial charge is 0.492 e. The molecule has 102 valence electrons. The van der Waals surface area contributed by atoms with E-state index in [1.165, 1.54) is 32.1 Å². The molecule has 0 saturated carbocycles. The van der Waals surface area contributed by atoms with Gasteiger partial charge in [0.1, 0.15) is 5.75 Å². The van der Waals surface area contributed by atoms with Gasteiger partial charge in [0, 0.05) is 12.2 Å². The van der Waals surface area contributed by atoms with Gasteiger partial charge in [-0.2, -0.15) is 0 Å². The highest BCUT2D eigenvalue weighted by atomic mass is 35.5. The van der Waals surface area contributed by atoms with Gasteiger partial charge in [-0.15, -0.1) is 0 Å². The zero-order valence-electron chi connectivity index (χ0n) is 11.5. The molecule has 1 aromatic carbocycles. The van der Waals surface area contributed by atoms with E-state index in [9.17, 15) is 0 Å². The Balaban J connectivity index is 2.28. The Morgan fingerprint density at radius 3 is 2.56 bits per heavy atom. The van der Waals surface area contributed by atoms with Crippen LogP contribution in [-0.2, 0) is 0 Å². The summed E-state index contributed by atoms with van der Waals surface area (Å²) in [5.41, 5.74) is 1.07. The second kappa shape index (κ2) is 9.09. The van der Waals surface area contributed by atoms with Crippen LogP contribution in [0, 0.1) is 0 Å². The first kappa shape index (κ1) is 15.2. The fourth-order valence-corrected chi connectivity index (χ4v) is 2.08. The third-order valence-electron chi connectivity index (χ3n) is 2.84. The Labute approximate surface area is 116 Å². The lowest BCUT2D eigenvalue weighted by atomic mass is 10.1. The number of unbranched alkanes of at least 4 members (excludes halogenated alkanes) is 4. The van der Waals surface area contributed by atoms with E-state index in [-0.39, 0.29) is 0 Å². The van der Waals surface area contributed by atoms with Crippen LogP contribution in [0.3, 0.4) is 0 Å². The minimum Gasteiger partial charge on any atom is -0.492 e. The Bertz CT molecular complexity index is 341. The lowest BCUT2D eigenvalue weighted by Gasteiger charge is -2.09. The van der Waals surface area contributed by atoms with E-state index in [1.807, 2.05) is 25.1 Å². The van der Waals surface area contributed by atoms with E-state index >= 15 is 0 Å². The van der Waals surface area contributed by atoms with Crippen LogP contribution < -0.4 is 10.1 Å². The van der Waals surface area contributed by atoms with Gasteiger partial charge >= 0.3 is 0 Å². The molecule has 0 atom stereocenters. The molecular formula is C15H24ClNO. The quantitative estimate of drug-likeness (QED) is 0.628. The molecule has 0 fully saturated rings. The first-order valence-electron chi connectivity index (χ1n) is 6.94. The molecule has 0 aliphatic carbocycles. The summed E-state index contributed by atoms with van der Waals surface area (Å²) in [6.07, 6.45) is 6.48. The molecule has 1 aromatic rings. The molecule has 0 radical (unpaired) electrons. The van der Waals surface area contributed by atoms with Crippen molar-refractivity contribution in [3.8, 4) is 5.75 Å². The normalized spacial score (nSPS) is 10.4. The topological polar surface area (TPSA) is 21.3 Å². The molecule has 0 bridgehead atoms. The van der Waals surface area contributed by atoms with Crippen molar-refractivity contribution in [3.63, 3.8) is 0 Å². The van der Waals surface area contributed by atoms with E-state index in [4.69, 9.17) is 16.3 Å². The first-order valence-corrected chi connectivity index (χ1v) is 7.32. The summed E-state index contributed by atoms with van der Waals surface area (Å²) in [5, 5.41) is 4.07. The lowest BCUT2D eigenvalue weighted by molar-refractivity contribution is 0.340. The molecule has 0 spiro atoms. The van der Waals surface area contributed by atoms with Crippen LogP contribution in [0.1, 0.15) is 46.0 Å². The number of ether oxygens (including phenoxy) is 1. The molecule has 0 aliphatic rings. The van der Waals surface area contributed by atoms with E-state index in [0.29, 0.717) is 11.6 Å². The van der Waals surface area contributed by atoms with Crippen molar-refractivity contribution in [1.29, 1.82) is 0 Å². The van der Waals surface area contributed by atoms with Crippen molar-refractivity contribution in [3.05, 3.63) is 23.2 Å². The summed E-state index contributed by atoms with van der Waals surface area (Å²) in [5.74, 6) is 0.757. The van der Waals surface area contributed by atoms with Gasteiger partial charge < -0.3 is 10.1 Å². The molecule has 3 heteroatoms. The fourth-order valence-electron chi connectivity index (χ4n) is 1.84. The van der Waals surface area contributed by atoms with Crippen LogP contribution in [0.2, 0.25) is 5.02 Å². The summed E-state index contributed by atoms with van der Waals surface area (Å²) >= 11 is 6.12. The zero-order chi connectivity index (χ0) is 13.2. The second-order valence-electron chi connectivity index (χ2n) is 4.42. The van der Waals surface area contributed by atoms with Crippen LogP contribution in [0.25, 0.3) is 0 Å². The van der Waals surface area contributed by atoms with Gasteiger partial charge in [0.2, 0.25) is 0 Å². The van der Waals surface area contributed by atoms with E-state index in [0.717, 1.165) is 18.0 Å². The van der Waals surface area contributed by atoms with Crippen molar-refractivity contribution >= 4 is 17.3 Å². The van der Waals surface area contributed by atoms with Gasteiger partial charge in [0.25, 0.3) is 0 Å². The third kappa shape index (κ3) is 5.63. The van der Waals surface area contributed by atoms with Crippen molar-refractivity contribution in [2.75, 3.05) is 18.5 Å². The lowest BCUT2D eigenvalue weighted by Crippen LogP contribution is -2.01. The number of anilines is 1. The highest BCUT2D eigenvalue weighted by molar-refractivity contribution is 6.32. The Morgan fingerprint density at radius 2 is 1.89 bits per heavy atom. The maximum Gasteiger partial charge on any atom is 0.138 e. The molecule has 1 N–H and O–H groups in total. The monoisotopic (exact) mass is 269 g/mol. The van der Waals surface area contributed by atoms with Crippen molar-refractivity contribution < 1.29 is 4.74 Å². The third-order valence-corrected chi connectivity index (χ3v) is 3.14. The SMILES string of the molecule is CCCCCCCNc1ccc(OCC)c(Cl)c1. The minimum atomic E-state index is 0.643. The Kier molecular flexibility index (Phi) is 7.66. The summed E-state index contributed by atoms with van der Waals surface area (Å²) in [7, 11) is 0. The Hall–Kier alpha value is -0.890. The summed E-state index contributed by atoms with van der Waals surface area (Å²) < 4.78 is 5.40. The van der Waals surface area contributed by atoms with Gasteiger partial charge in [0.05, 0.1) is 11.6 Å². The standard InChI is InChI=1S/C15H24ClNO/c1-3-5-6-7-8-11-17-13-9-10-15(18-4-2)14(16)12-13/h9-10,12,17H,3-8,11H2,1-2H3. The maximum absolute atomic E-state index is 6.12. The van der Waals surface area contributed by atoms with E-state index in [1.54, 1.807) is 0 Å². The van der Waals surface area contributed by atoms with Gasteiger partial charge in [-0.05, 0) is 31.5 Å². The average Bonchev–Trinajstić information content (AvgIpc) is 2.37. The van der Waals surface area contributed by atoms with Gasteiger partial charge in [0.15, 0.2) is 0 Å². The Morgan fingerprint density at radius 1 is 1.11 bits per heavy atom. The molecule has 0 heterocycles. The van der Waals surface area contributed by atoms with Crippen molar-refractivity contribution in [2.45, 2.75) is 46.0 Å². The molecule has 2 nitrogen and oxygen atoms in total. The second-order valence-corrected chi connectivity index (χ2v) is 4.83. The molecule has 0 amide bonds. The van der Waals surface area contributed by atoms with Crippen molar-refractivity contribution in [1.82, 2.24) is 0 Å². The minimum absolute atomic E-state index is 0.643. The number of rotatable bonds is 9. The number of benzene rings is 1. The number of halogens is 1. The van der Waals surface area contributed by atoms with Gasteiger partial charge in [-0.3, -0.25) is 0 Å². The summed E-state index contributed by atoms with van der Waals surface area (Å²) in [4.78, 5) is 0. The summed E-state index contributed by atoms with van der Waals surface area (Å²) in [6.45, 7) is 5.84. The number of hydrogen-bond acceptors (Lipinski definition) is 2. The average molecular weight is 270 g/mol. The fraction of sp³-hybridized carbons (Fsp3) is 0.600. The van der Waals surface area contributed by atoms with Crippen LogP contribution in [0.4, 0.5) is 5.69 Å². The number of hydrogen-bond donors (Lipinski definition) is 1. The molecule has 0 unspecified atom stereocenters. The van der Waals surface area contributed by atoms with E-state index < -0.39 is 0 Å². The smallest absolute Gasteiger partial charge is 0.138 e.